The van der Waals surface area contributed by atoms with Crippen molar-refractivity contribution in [1.29, 1.82) is 0 Å². The van der Waals surface area contributed by atoms with Gasteiger partial charge in [0, 0.05) is 37.8 Å². The van der Waals surface area contributed by atoms with E-state index >= 15 is 0 Å². The van der Waals surface area contributed by atoms with E-state index < -0.39 is 5.51 Å². The molecule has 1 heterocycles. The minimum absolute atomic E-state index is 0.0143. The zero-order valence-electron chi connectivity index (χ0n) is 9.76. The Hall–Kier alpha value is -0.620. The summed E-state index contributed by atoms with van der Waals surface area (Å²) in [6.07, 6.45) is 5.09. The largest absolute Gasteiger partial charge is 0.441 e. The summed E-state index contributed by atoms with van der Waals surface area (Å²) in [4.78, 5) is 0. The van der Waals surface area contributed by atoms with Gasteiger partial charge in [0.05, 0.1) is 0 Å². The Morgan fingerprint density at radius 3 is 2.82 bits per heavy atom. The maximum absolute atomic E-state index is 11.8. The van der Waals surface area contributed by atoms with Crippen LogP contribution in [0.1, 0.15) is 18.9 Å². The summed E-state index contributed by atoms with van der Waals surface area (Å²) in [5.41, 5.74) is -3.01. The molecule has 0 aliphatic carbocycles. The van der Waals surface area contributed by atoms with Gasteiger partial charge in [-0.25, -0.2) is 0 Å². The molecule has 1 N–H and O–H groups in total. The van der Waals surface area contributed by atoms with Crippen LogP contribution in [0.3, 0.4) is 0 Å². The van der Waals surface area contributed by atoms with Gasteiger partial charge in [0.2, 0.25) is 0 Å². The lowest BCUT2D eigenvalue weighted by Gasteiger charge is -2.06. The SMILES string of the molecule is CCCn1ccc(CNCCSC(F)(F)F)c1. The van der Waals surface area contributed by atoms with E-state index in [1.54, 1.807) is 0 Å². The van der Waals surface area contributed by atoms with Gasteiger partial charge in [-0.1, -0.05) is 6.92 Å². The van der Waals surface area contributed by atoms with E-state index in [0.29, 0.717) is 13.1 Å². The molecular weight excluding hydrogens is 249 g/mol. The second-order valence-corrected chi connectivity index (χ2v) is 4.89. The molecule has 0 bridgehead atoms. The summed E-state index contributed by atoms with van der Waals surface area (Å²) < 4.78 is 37.6. The highest BCUT2D eigenvalue weighted by molar-refractivity contribution is 8.00. The number of nitrogens with one attached hydrogen (secondary N) is 1. The van der Waals surface area contributed by atoms with Gasteiger partial charge in [-0.2, -0.15) is 13.2 Å². The van der Waals surface area contributed by atoms with Gasteiger partial charge in [-0.15, -0.1) is 0 Å². The Labute approximate surface area is 104 Å². The van der Waals surface area contributed by atoms with Crippen LogP contribution in [0.25, 0.3) is 0 Å². The molecule has 0 amide bonds. The number of alkyl halides is 3. The average molecular weight is 266 g/mol. The van der Waals surface area contributed by atoms with Crippen LogP contribution in [-0.2, 0) is 13.1 Å². The molecule has 1 rings (SSSR count). The summed E-state index contributed by atoms with van der Waals surface area (Å²) in [6.45, 7) is 4.06. The highest BCUT2D eigenvalue weighted by atomic mass is 32.2. The quantitative estimate of drug-likeness (QED) is 0.763. The van der Waals surface area contributed by atoms with Crippen LogP contribution < -0.4 is 5.32 Å². The van der Waals surface area contributed by atoms with Crippen LogP contribution in [-0.4, -0.2) is 22.4 Å². The summed E-state index contributed by atoms with van der Waals surface area (Å²) in [5.74, 6) is 0.0547. The lowest BCUT2D eigenvalue weighted by Crippen LogP contribution is -2.18. The van der Waals surface area contributed by atoms with Crippen molar-refractivity contribution >= 4 is 11.8 Å². The molecule has 0 aliphatic heterocycles. The molecule has 6 heteroatoms. The van der Waals surface area contributed by atoms with E-state index in [2.05, 4.69) is 16.8 Å². The maximum Gasteiger partial charge on any atom is 0.441 e. The van der Waals surface area contributed by atoms with Crippen molar-refractivity contribution in [3.05, 3.63) is 24.0 Å². The zero-order chi connectivity index (χ0) is 12.7. The van der Waals surface area contributed by atoms with Crippen LogP contribution in [0, 0.1) is 0 Å². The summed E-state index contributed by atoms with van der Waals surface area (Å²) >= 11 is 0.0143. The molecule has 0 unspecified atom stereocenters. The molecule has 0 aliphatic rings. The molecule has 98 valence electrons. The molecule has 1 aromatic rings. The van der Waals surface area contributed by atoms with Crippen molar-refractivity contribution in [2.45, 2.75) is 31.9 Å². The number of nitrogens with zero attached hydrogens (tertiary/aromatic N) is 1. The van der Waals surface area contributed by atoms with E-state index in [4.69, 9.17) is 0 Å². The van der Waals surface area contributed by atoms with Gasteiger partial charge < -0.3 is 9.88 Å². The van der Waals surface area contributed by atoms with Crippen molar-refractivity contribution in [2.75, 3.05) is 12.3 Å². The third kappa shape index (κ3) is 6.63. The van der Waals surface area contributed by atoms with Gasteiger partial charge in [0.15, 0.2) is 0 Å². The highest BCUT2D eigenvalue weighted by Gasteiger charge is 2.27. The van der Waals surface area contributed by atoms with Crippen molar-refractivity contribution in [3.63, 3.8) is 0 Å². The Morgan fingerprint density at radius 1 is 1.41 bits per heavy atom. The van der Waals surface area contributed by atoms with Gasteiger partial charge in [0.25, 0.3) is 0 Å². The van der Waals surface area contributed by atoms with Crippen molar-refractivity contribution in [1.82, 2.24) is 9.88 Å². The lowest BCUT2D eigenvalue weighted by atomic mass is 10.3. The van der Waals surface area contributed by atoms with Crippen LogP contribution in [0.2, 0.25) is 0 Å². The fraction of sp³-hybridized carbons (Fsp3) is 0.636. The molecule has 2 nitrogen and oxygen atoms in total. The fourth-order valence-electron chi connectivity index (χ4n) is 1.46. The third-order valence-electron chi connectivity index (χ3n) is 2.17. The lowest BCUT2D eigenvalue weighted by molar-refractivity contribution is -0.0327. The van der Waals surface area contributed by atoms with E-state index in [1.165, 1.54) is 0 Å². The van der Waals surface area contributed by atoms with Gasteiger partial charge in [-0.05, 0) is 29.8 Å². The fourth-order valence-corrected chi connectivity index (χ4v) is 1.94. The van der Waals surface area contributed by atoms with Gasteiger partial charge >= 0.3 is 5.51 Å². The topological polar surface area (TPSA) is 17.0 Å². The monoisotopic (exact) mass is 266 g/mol. The Kier molecular flexibility index (Phi) is 5.91. The minimum Gasteiger partial charge on any atom is -0.354 e. The summed E-state index contributed by atoms with van der Waals surface area (Å²) in [6, 6.07) is 1.99. The van der Waals surface area contributed by atoms with E-state index in [0.717, 1.165) is 18.5 Å². The number of halogens is 3. The van der Waals surface area contributed by atoms with Gasteiger partial charge in [0.1, 0.15) is 0 Å². The smallest absolute Gasteiger partial charge is 0.354 e. The molecule has 17 heavy (non-hydrogen) atoms. The van der Waals surface area contributed by atoms with E-state index in [1.807, 2.05) is 18.5 Å². The van der Waals surface area contributed by atoms with Crippen LogP contribution in [0.4, 0.5) is 13.2 Å². The zero-order valence-corrected chi connectivity index (χ0v) is 10.6. The van der Waals surface area contributed by atoms with Crippen molar-refractivity contribution in [2.24, 2.45) is 0 Å². The van der Waals surface area contributed by atoms with Crippen LogP contribution in [0.15, 0.2) is 18.5 Å². The number of rotatable bonds is 7. The molecule has 0 saturated heterocycles. The molecule has 0 fully saturated rings. The van der Waals surface area contributed by atoms with Crippen molar-refractivity contribution in [3.8, 4) is 0 Å². The molecule has 1 aromatic heterocycles. The summed E-state index contributed by atoms with van der Waals surface area (Å²) in [7, 11) is 0. The molecule has 0 atom stereocenters. The van der Waals surface area contributed by atoms with Crippen LogP contribution >= 0.6 is 11.8 Å². The normalized spacial score (nSPS) is 12.0. The molecule has 0 spiro atoms. The first-order valence-corrected chi connectivity index (χ1v) is 6.56. The second kappa shape index (κ2) is 6.96. The third-order valence-corrected chi connectivity index (χ3v) is 2.90. The first-order chi connectivity index (χ1) is 8.01. The Balaban J connectivity index is 2.13. The minimum atomic E-state index is -4.12. The first kappa shape index (κ1) is 14.4. The predicted octanol–water partition coefficient (Wildman–Crippen LogP) is 3.24. The Morgan fingerprint density at radius 2 is 2.18 bits per heavy atom. The maximum atomic E-state index is 11.8. The standard InChI is InChI=1S/C11H17F3N2S/c1-2-5-16-6-3-10(9-16)8-15-4-7-17-11(12,13)14/h3,6,9,15H,2,4-5,7-8H2,1H3. The van der Waals surface area contributed by atoms with Crippen molar-refractivity contribution < 1.29 is 13.2 Å². The Bertz CT molecular complexity index is 323. The molecular formula is C11H17F3N2S. The molecule has 0 aromatic carbocycles. The molecule has 0 radical (unpaired) electrons. The number of hydrogen-bond donors (Lipinski definition) is 1. The first-order valence-electron chi connectivity index (χ1n) is 5.57. The van der Waals surface area contributed by atoms with E-state index in [-0.39, 0.29) is 17.5 Å². The van der Waals surface area contributed by atoms with Gasteiger partial charge in [-0.3, -0.25) is 0 Å². The second-order valence-electron chi connectivity index (χ2n) is 3.73. The molecule has 0 saturated carbocycles. The average Bonchev–Trinajstić information content (AvgIpc) is 2.64. The predicted molar refractivity (Wildman–Crippen MR) is 64.9 cm³/mol. The highest BCUT2D eigenvalue weighted by Crippen LogP contribution is 2.29. The van der Waals surface area contributed by atoms with E-state index in [9.17, 15) is 13.2 Å². The number of thioether (sulfide) groups is 1. The van der Waals surface area contributed by atoms with Crippen LogP contribution in [0.5, 0.6) is 0 Å². The number of aromatic nitrogens is 1. The summed E-state index contributed by atoms with van der Waals surface area (Å²) in [5, 5.41) is 3.00. The number of aryl methyl sites for hydroxylation is 1. The number of hydrogen-bond acceptors (Lipinski definition) is 2.